The fraction of sp³-hybridized carbons (Fsp3) is 0.500. The molecular formula is C16H22N2O5. The fourth-order valence-electron chi connectivity index (χ4n) is 2.32. The topological polar surface area (TPSA) is 99.9 Å². The molecule has 1 aromatic carbocycles. The summed E-state index contributed by atoms with van der Waals surface area (Å²) in [5.41, 5.74) is 6.40. The van der Waals surface area contributed by atoms with Gasteiger partial charge in [-0.05, 0) is 30.5 Å². The highest BCUT2D eigenvalue weighted by Crippen LogP contribution is 2.19. The van der Waals surface area contributed by atoms with E-state index in [1.165, 1.54) is 7.11 Å². The van der Waals surface area contributed by atoms with Crippen LogP contribution in [0.4, 0.5) is 0 Å². The zero-order chi connectivity index (χ0) is 16.7. The number of nitrogens with two attached hydrogens (primary N) is 1. The molecule has 2 atom stereocenters. The van der Waals surface area contributed by atoms with Crippen LogP contribution in [0.2, 0.25) is 0 Å². The number of benzene rings is 1. The Kier molecular flexibility index (Phi) is 6.37. The predicted molar refractivity (Wildman–Crippen MR) is 82.7 cm³/mol. The van der Waals surface area contributed by atoms with Crippen molar-refractivity contribution in [3.8, 4) is 5.75 Å². The minimum Gasteiger partial charge on any atom is -0.482 e. The van der Waals surface area contributed by atoms with Crippen LogP contribution in [0, 0.1) is 0 Å². The second-order valence-corrected chi connectivity index (χ2v) is 5.29. The molecule has 7 nitrogen and oxygen atoms in total. The van der Waals surface area contributed by atoms with E-state index >= 15 is 0 Å². The standard InChI is InChI=1S/C16H22N2O5/c1-21-15(19)10-22-12-4-2-3-11(7-12)9-18-16(20)14-6-5-13(8-17)23-14/h2-4,7,13-14H,5-6,8-10,17H2,1H3,(H,18,20)/t13-,14+/m1/s1. The van der Waals surface area contributed by atoms with Crippen LogP contribution in [0.1, 0.15) is 18.4 Å². The van der Waals surface area contributed by atoms with Gasteiger partial charge in [0, 0.05) is 13.1 Å². The van der Waals surface area contributed by atoms with Crippen molar-refractivity contribution < 1.29 is 23.8 Å². The average molecular weight is 322 g/mol. The lowest BCUT2D eigenvalue weighted by molar-refractivity contribution is -0.142. The van der Waals surface area contributed by atoms with Gasteiger partial charge in [-0.2, -0.15) is 0 Å². The van der Waals surface area contributed by atoms with Crippen molar-refractivity contribution in [2.24, 2.45) is 5.73 Å². The van der Waals surface area contributed by atoms with Crippen molar-refractivity contribution in [3.63, 3.8) is 0 Å². The Balaban J connectivity index is 1.81. The van der Waals surface area contributed by atoms with Gasteiger partial charge in [-0.25, -0.2) is 4.79 Å². The van der Waals surface area contributed by atoms with Crippen LogP contribution in [-0.4, -0.2) is 44.3 Å². The number of nitrogens with one attached hydrogen (secondary N) is 1. The molecule has 7 heteroatoms. The quantitative estimate of drug-likeness (QED) is 0.703. The van der Waals surface area contributed by atoms with E-state index in [4.69, 9.17) is 15.2 Å². The van der Waals surface area contributed by atoms with Gasteiger partial charge >= 0.3 is 5.97 Å². The van der Waals surface area contributed by atoms with Crippen LogP contribution in [0.25, 0.3) is 0 Å². The predicted octanol–water partition coefficient (Wildman–Crippen LogP) is 0.361. The number of hydrogen-bond acceptors (Lipinski definition) is 6. The maximum Gasteiger partial charge on any atom is 0.343 e. The minimum atomic E-state index is -0.448. The number of carbonyl (C=O) groups excluding carboxylic acids is 2. The van der Waals surface area contributed by atoms with Gasteiger partial charge in [-0.3, -0.25) is 4.79 Å². The van der Waals surface area contributed by atoms with E-state index in [1.807, 2.05) is 6.07 Å². The maximum absolute atomic E-state index is 12.0. The Morgan fingerprint density at radius 2 is 2.22 bits per heavy atom. The SMILES string of the molecule is COC(=O)COc1cccc(CNC(=O)[C@@H]2CC[C@H](CN)O2)c1. The third kappa shape index (κ3) is 5.22. The normalized spacial score (nSPS) is 20.1. The van der Waals surface area contributed by atoms with Gasteiger partial charge in [0.05, 0.1) is 13.2 Å². The summed E-state index contributed by atoms with van der Waals surface area (Å²) < 4.78 is 15.4. The number of rotatable bonds is 7. The number of methoxy groups -OCH3 is 1. The molecule has 2 rings (SSSR count). The highest BCUT2D eigenvalue weighted by Gasteiger charge is 2.29. The van der Waals surface area contributed by atoms with E-state index in [1.54, 1.807) is 18.2 Å². The number of hydrogen-bond donors (Lipinski definition) is 2. The summed E-state index contributed by atoms with van der Waals surface area (Å²) in [6.07, 6.45) is 1.05. The smallest absolute Gasteiger partial charge is 0.343 e. The minimum absolute atomic E-state index is 0.0270. The lowest BCUT2D eigenvalue weighted by Gasteiger charge is -2.13. The Morgan fingerprint density at radius 1 is 1.39 bits per heavy atom. The Bertz CT molecular complexity index is 549. The zero-order valence-electron chi connectivity index (χ0n) is 13.1. The Morgan fingerprint density at radius 3 is 2.91 bits per heavy atom. The first-order chi connectivity index (χ1) is 11.1. The lowest BCUT2D eigenvalue weighted by atomic mass is 10.1. The lowest BCUT2D eigenvalue weighted by Crippen LogP contribution is -2.35. The highest BCUT2D eigenvalue weighted by molar-refractivity contribution is 5.81. The first kappa shape index (κ1) is 17.2. The summed E-state index contributed by atoms with van der Waals surface area (Å²) >= 11 is 0. The third-order valence-electron chi connectivity index (χ3n) is 3.61. The van der Waals surface area contributed by atoms with Gasteiger partial charge in [-0.1, -0.05) is 12.1 Å². The molecule has 0 aliphatic carbocycles. The van der Waals surface area contributed by atoms with Gasteiger partial charge in [0.15, 0.2) is 6.61 Å². The molecule has 0 spiro atoms. The molecule has 0 unspecified atom stereocenters. The maximum atomic E-state index is 12.0. The molecule has 1 aromatic rings. The van der Waals surface area contributed by atoms with E-state index in [2.05, 4.69) is 10.1 Å². The monoisotopic (exact) mass is 322 g/mol. The first-order valence-corrected chi connectivity index (χ1v) is 7.54. The van der Waals surface area contributed by atoms with Crippen LogP contribution in [-0.2, 0) is 25.6 Å². The second-order valence-electron chi connectivity index (χ2n) is 5.29. The largest absolute Gasteiger partial charge is 0.482 e. The van der Waals surface area contributed by atoms with Crippen LogP contribution < -0.4 is 15.8 Å². The summed E-state index contributed by atoms with van der Waals surface area (Å²) in [4.78, 5) is 23.1. The van der Waals surface area contributed by atoms with E-state index < -0.39 is 12.1 Å². The molecule has 0 bridgehead atoms. The third-order valence-corrected chi connectivity index (χ3v) is 3.61. The highest BCUT2D eigenvalue weighted by atomic mass is 16.6. The van der Waals surface area contributed by atoms with Crippen molar-refractivity contribution in [3.05, 3.63) is 29.8 Å². The molecule has 1 aliphatic heterocycles. The van der Waals surface area contributed by atoms with Crippen molar-refractivity contribution in [2.75, 3.05) is 20.3 Å². The fourth-order valence-corrected chi connectivity index (χ4v) is 2.32. The summed E-state index contributed by atoms with van der Waals surface area (Å²) in [6.45, 7) is 0.646. The average Bonchev–Trinajstić information content (AvgIpc) is 3.07. The van der Waals surface area contributed by atoms with Gasteiger partial charge in [0.1, 0.15) is 11.9 Å². The Labute approximate surface area is 135 Å². The van der Waals surface area contributed by atoms with Gasteiger partial charge < -0.3 is 25.3 Å². The Hall–Kier alpha value is -2.12. The van der Waals surface area contributed by atoms with E-state index in [-0.39, 0.29) is 18.6 Å². The van der Waals surface area contributed by atoms with E-state index in [0.717, 1.165) is 12.0 Å². The number of amides is 1. The van der Waals surface area contributed by atoms with Crippen molar-refractivity contribution in [1.82, 2.24) is 5.32 Å². The summed E-state index contributed by atoms with van der Waals surface area (Å²) in [5, 5.41) is 2.84. The molecule has 1 aliphatic rings. The molecule has 1 amide bonds. The van der Waals surface area contributed by atoms with Gasteiger partial charge in [0.2, 0.25) is 5.91 Å². The van der Waals surface area contributed by atoms with Crippen molar-refractivity contribution in [1.29, 1.82) is 0 Å². The molecule has 1 heterocycles. The summed E-state index contributed by atoms with van der Waals surface area (Å²) in [5.74, 6) is -0.0409. The number of esters is 1. The molecule has 1 saturated heterocycles. The van der Waals surface area contributed by atoms with Gasteiger partial charge in [0.25, 0.3) is 0 Å². The molecular weight excluding hydrogens is 300 g/mol. The molecule has 3 N–H and O–H groups in total. The van der Waals surface area contributed by atoms with E-state index in [0.29, 0.717) is 25.3 Å². The van der Waals surface area contributed by atoms with Crippen LogP contribution in [0.15, 0.2) is 24.3 Å². The molecule has 23 heavy (non-hydrogen) atoms. The molecule has 0 aromatic heterocycles. The first-order valence-electron chi connectivity index (χ1n) is 7.54. The van der Waals surface area contributed by atoms with E-state index in [9.17, 15) is 9.59 Å². The summed E-state index contributed by atoms with van der Waals surface area (Å²) in [7, 11) is 1.30. The van der Waals surface area contributed by atoms with Crippen molar-refractivity contribution in [2.45, 2.75) is 31.6 Å². The number of carbonyl (C=O) groups is 2. The second kappa shape index (κ2) is 8.50. The zero-order valence-corrected chi connectivity index (χ0v) is 13.1. The van der Waals surface area contributed by atoms with Crippen LogP contribution in [0.3, 0.4) is 0 Å². The molecule has 126 valence electrons. The summed E-state index contributed by atoms with van der Waals surface area (Å²) in [6, 6.07) is 7.16. The van der Waals surface area contributed by atoms with Gasteiger partial charge in [-0.15, -0.1) is 0 Å². The number of ether oxygens (including phenoxy) is 3. The van der Waals surface area contributed by atoms with Crippen LogP contribution >= 0.6 is 0 Å². The molecule has 0 radical (unpaired) electrons. The van der Waals surface area contributed by atoms with Crippen molar-refractivity contribution >= 4 is 11.9 Å². The molecule has 1 fully saturated rings. The molecule has 0 saturated carbocycles. The van der Waals surface area contributed by atoms with Crippen LogP contribution in [0.5, 0.6) is 5.75 Å².